The van der Waals surface area contributed by atoms with Crippen molar-refractivity contribution in [3.63, 3.8) is 0 Å². The average molecular weight is 414 g/mol. The molecule has 1 amide bonds. The molecule has 0 saturated carbocycles. The Hall–Kier alpha value is -2.13. The molecule has 0 fully saturated rings. The van der Waals surface area contributed by atoms with Crippen LogP contribution in [0.4, 0.5) is 5.69 Å². The van der Waals surface area contributed by atoms with Crippen molar-refractivity contribution in [3.05, 3.63) is 54.1 Å². The second kappa shape index (κ2) is 10.9. The van der Waals surface area contributed by atoms with Crippen LogP contribution in [0.15, 0.2) is 53.4 Å². The summed E-state index contributed by atoms with van der Waals surface area (Å²) < 4.78 is 32.1. The van der Waals surface area contributed by atoms with E-state index >= 15 is 0 Å². The summed E-state index contributed by atoms with van der Waals surface area (Å²) in [5.74, 6) is 0.285. The third-order valence-electron chi connectivity index (χ3n) is 3.58. The number of nitrogens with two attached hydrogens (primary N) is 1. The molecule has 4 N–H and O–H groups in total. The maximum absolute atomic E-state index is 12.1. The summed E-state index contributed by atoms with van der Waals surface area (Å²) >= 11 is 0. The largest absolute Gasteiger partial charge is 0.483 e. The topological polar surface area (TPSA) is 111 Å². The van der Waals surface area contributed by atoms with E-state index in [0.29, 0.717) is 11.4 Å². The molecule has 0 bridgehead atoms. The van der Waals surface area contributed by atoms with E-state index in [1.807, 2.05) is 31.2 Å². The molecule has 148 valence electrons. The number of rotatable bonds is 9. The molecule has 0 aliphatic heterocycles. The summed E-state index contributed by atoms with van der Waals surface area (Å²) in [5, 5.41) is 2.64. The lowest BCUT2D eigenvalue weighted by atomic mass is 10.1. The number of sulfonamides is 1. The van der Waals surface area contributed by atoms with Crippen LogP contribution < -0.4 is 20.5 Å². The lowest BCUT2D eigenvalue weighted by Crippen LogP contribution is -2.29. The first-order chi connectivity index (χ1) is 12.5. The molecule has 9 heteroatoms. The molecule has 2 rings (SSSR count). The molecule has 27 heavy (non-hydrogen) atoms. The van der Waals surface area contributed by atoms with Crippen molar-refractivity contribution in [2.24, 2.45) is 5.73 Å². The van der Waals surface area contributed by atoms with E-state index in [4.69, 9.17) is 10.5 Å². The Labute approximate surface area is 165 Å². The molecule has 0 radical (unpaired) electrons. The van der Waals surface area contributed by atoms with Crippen molar-refractivity contribution in [2.75, 3.05) is 25.0 Å². The molecule has 0 aliphatic rings. The molecule has 2 aromatic carbocycles. The minimum Gasteiger partial charge on any atom is -0.483 e. The zero-order valence-corrected chi connectivity index (χ0v) is 16.6. The number of para-hydroxylation sites is 1. The van der Waals surface area contributed by atoms with E-state index < -0.39 is 10.0 Å². The van der Waals surface area contributed by atoms with Gasteiger partial charge in [0.2, 0.25) is 10.0 Å². The van der Waals surface area contributed by atoms with Gasteiger partial charge in [-0.1, -0.05) is 31.2 Å². The number of carbonyl (C=O) groups is 1. The van der Waals surface area contributed by atoms with Crippen LogP contribution >= 0.6 is 12.4 Å². The molecule has 0 aliphatic carbocycles. The molecule has 0 atom stereocenters. The molecule has 0 saturated heterocycles. The highest BCUT2D eigenvalue weighted by Crippen LogP contribution is 2.19. The molecule has 0 spiro atoms. The highest BCUT2D eigenvalue weighted by atomic mass is 35.5. The van der Waals surface area contributed by atoms with Gasteiger partial charge in [0.1, 0.15) is 5.75 Å². The summed E-state index contributed by atoms with van der Waals surface area (Å²) in [6.07, 6.45) is 0.799. The van der Waals surface area contributed by atoms with Gasteiger partial charge in [-0.05, 0) is 36.2 Å². The number of hydrogen-bond donors (Lipinski definition) is 3. The standard InChI is InChI=1S/C18H23N3O4S.ClH/c1-2-14-6-3-4-9-17(14)25-13-18(22)21-15-7-5-8-16(12-15)26(23,24)20-11-10-19;/h3-9,12,20H,2,10-11,13,19H2,1H3,(H,21,22);1H. The lowest BCUT2D eigenvalue weighted by molar-refractivity contribution is -0.118. The third-order valence-corrected chi connectivity index (χ3v) is 5.04. The van der Waals surface area contributed by atoms with Gasteiger partial charge in [0.15, 0.2) is 6.61 Å². The molecular formula is C18H24ClN3O4S. The Bertz CT molecular complexity index is 859. The predicted octanol–water partition coefficient (Wildman–Crippen LogP) is 1.93. The van der Waals surface area contributed by atoms with Gasteiger partial charge in [-0.3, -0.25) is 4.79 Å². The van der Waals surface area contributed by atoms with Crippen LogP contribution in [0.5, 0.6) is 5.75 Å². The monoisotopic (exact) mass is 413 g/mol. The first-order valence-corrected chi connectivity index (χ1v) is 9.75. The molecular weight excluding hydrogens is 390 g/mol. The van der Waals surface area contributed by atoms with E-state index in [2.05, 4.69) is 10.0 Å². The van der Waals surface area contributed by atoms with Crippen LogP contribution in [0.2, 0.25) is 0 Å². The quantitative estimate of drug-likeness (QED) is 0.581. The van der Waals surface area contributed by atoms with Crippen molar-refractivity contribution < 1.29 is 17.9 Å². The Balaban J connectivity index is 0.00000364. The molecule has 2 aromatic rings. The molecule has 0 unspecified atom stereocenters. The molecule has 7 nitrogen and oxygen atoms in total. The number of benzene rings is 2. The SMILES string of the molecule is CCc1ccccc1OCC(=O)Nc1cccc(S(=O)(=O)NCCN)c1.Cl. The van der Waals surface area contributed by atoms with Gasteiger partial charge in [0.05, 0.1) is 4.90 Å². The normalized spacial score (nSPS) is 10.7. The second-order valence-electron chi connectivity index (χ2n) is 5.51. The Morgan fingerprint density at radius 1 is 1.15 bits per heavy atom. The third kappa shape index (κ3) is 6.84. The van der Waals surface area contributed by atoms with E-state index in [1.54, 1.807) is 12.1 Å². The summed E-state index contributed by atoms with van der Waals surface area (Å²) in [4.78, 5) is 12.2. The number of carbonyl (C=O) groups excluding carboxylic acids is 1. The minimum atomic E-state index is -3.66. The number of amides is 1. The van der Waals surface area contributed by atoms with Crippen molar-refractivity contribution >= 4 is 34.0 Å². The van der Waals surface area contributed by atoms with Crippen LogP contribution in [0.1, 0.15) is 12.5 Å². The first-order valence-electron chi connectivity index (χ1n) is 8.26. The van der Waals surface area contributed by atoms with Gasteiger partial charge in [0.25, 0.3) is 5.91 Å². The van der Waals surface area contributed by atoms with Crippen molar-refractivity contribution in [2.45, 2.75) is 18.2 Å². The Kier molecular flexibility index (Phi) is 9.23. The van der Waals surface area contributed by atoms with E-state index in [9.17, 15) is 13.2 Å². The molecule has 0 heterocycles. The number of anilines is 1. The van der Waals surface area contributed by atoms with Gasteiger partial charge in [0, 0.05) is 18.8 Å². The van der Waals surface area contributed by atoms with Crippen LogP contribution in [-0.4, -0.2) is 34.0 Å². The number of ether oxygens (including phenoxy) is 1. The number of nitrogens with one attached hydrogen (secondary N) is 2. The summed E-state index contributed by atoms with van der Waals surface area (Å²) in [6, 6.07) is 13.5. The average Bonchev–Trinajstić information content (AvgIpc) is 2.65. The van der Waals surface area contributed by atoms with Crippen LogP contribution in [0, 0.1) is 0 Å². The molecule has 0 aromatic heterocycles. The number of hydrogen-bond acceptors (Lipinski definition) is 5. The van der Waals surface area contributed by atoms with Crippen LogP contribution in [-0.2, 0) is 21.2 Å². The zero-order chi connectivity index (χ0) is 19.0. The fraction of sp³-hybridized carbons (Fsp3) is 0.278. The zero-order valence-electron chi connectivity index (χ0n) is 15.0. The maximum atomic E-state index is 12.1. The van der Waals surface area contributed by atoms with Crippen molar-refractivity contribution in [1.29, 1.82) is 0 Å². The van der Waals surface area contributed by atoms with Crippen molar-refractivity contribution in [1.82, 2.24) is 4.72 Å². The van der Waals surface area contributed by atoms with Gasteiger partial charge >= 0.3 is 0 Å². The van der Waals surface area contributed by atoms with Crippen LogP contribution in [0.3, 0.4) is 0 Å². The first kappa shape index (κ1) is 22.9. The maximum Gasteiger partial charge on any atom is 0.262 e. The second-order valence-corrected chi connectivity index (χ2v) is 7.28. The fourth-order valence-electron chi connectivity index (χ4n) is 2.29. The lowest BCUT2D eigenvalue weighted by Gasteiger charge is -2.11. The van der Waals surface area contributed by atoms with E-state index in [1.165, 1.54) is 12.1 Å². The highest BCUT2D eigenvalue weighted by molar-refractivity contribution is 7.89. The summed E-state index contributed by atoms with van der Waals surface area (Å²) in [5.41, 5.74) is 6.70. The highest BCUT2D eigenvalue weighted by Gasteiger charge is 2.14. The predicted molar refractivity (Wildman–Crippen MR) is 108 cm³/mol. The fourth-order valence-corrected chi connectivity index (χ4v) is 3.39. The number of halogens is 1. The Morgan fingerprint density at radius 2 is 1.89 bits per heavy atom. The van der Waals surface area contributed by atoms with Gasteiger partial charge in [-0.25, -0.2) is 13.1 Å². The summed E-state index contributed by atoms with van der Waals surface area (Å²) in [7, 11) is -3.66. The Morgan fingerprint density at radius 3 is 2.59 bits per heavy atom. The van der Waals surface area contributed by atoms with E-state index in [0.717, 1.165) is 12.0 Å². The number of aryl methyl sites for hydroxylation is 1. The van der Waals surface area contributed by atoms with E-state index in [-0.39, 0.29) is 42.9 Å². The summed E-state index contributed by atoms with van der Waals surface area (Å²) in [6.45, 7) is 2.18. The van der Waals surface area contributed by atoms with Crippen LogP contribution in [0.25, 0.3) is 0 Å². The minimum absolute atomic E-state index is 0. The van der Waals surface area contributed by atoms with Gasteiger partial charge in [-0.2, -0.15) is 0 Å². The van der Waals surface area contributed by atoms with Crippen molar-refractivity contribution in [3.8, 4) is 5.75 Å². The smallest absolute Gasteiger partial charge is 0.262 e. The van der Waals surface area contributed by atoms with Gasteiger partial charge < -0.3 is 15.8 Å². The van der Waals surface area contributed by atoms with Gasteiger partial charge in [-0.15, -0.1) is 12.4 Å².